The molecule has 182 valence electrons. The molecule has 0 bridgehead atoms. The predicted molar refractivity (Wildman–Crippen MR) is 145 cm³/mol. The molecule has 0 aliphatic heterocycles. The van der Waals surface area contributed by atoms with Gasteiger partial charge in [0.1, 0.15) is 5.75 Å². The smallest absolute Gasteiger partial charge is 0.260 e. The Morgan fingerprint density at radius 1 is 0.833 bits per heavy atom. The number of carbonyl (C=O) groups excluding carboxylic acids is 2. The van der Waals surface area contributed by atoms with Gasteiger partial charge in [-0.1, -0.05) is 65.7 Å². The van der Waals surface area contributed by atoms with Gasteiger partial charge in [0.2, 0.25) is 5.91 Å². The summed E-state index contributed by atoms with van der Waals surface area (Å²) in [7, 11) is 1.59. The molecule has 0 spiro atoms. The maximum Gasteiger partial charge on any atom is 0.260 e. The van der Waals surface area contributed by atoms with Crippen molar-refractivity contribution in [2.45, 2.75) is 13.0 Å². The van der Waals surface area contributed by atoms with Gasteiger partial charge in [0.05, 0.1) is 30.7 Å². The molecule has 1 N–H and O–H groups in total. The first kappa shape index (κ1) is 25.3. The number of anilines is 2. The Balaban J connectivity index is 1.58. The average molecular weight is 519 g/mol. The summed E-state index contributed by atoms with van der Waals surface area (Å²) in [6, 6.07) is 29.0. The molecule has 0 saturated carbocycles. The number of carbonyl (C=O) groups is 2. The Bertz CT molecular complexity index is 1360. The Labute approximate surface area is 220 Å². The van der Waals surface area contributed by atoms with Crippen molar-refractivity contribution in [1.82, 2.24) is 0 Å². The van der Waals surface area contributed by atoms with Crippen molar-refractivity contribution in [2.24, 2.45) is 0 Å². The van der Waals surface area contributed by atoms with Gasteiger partial charge in [0, 0.05) is 16.4 Å². The van der Waals surface area contributed by atoms with Gasteiger partial charge in [-0.05, 0) is 65.7 Å². The zero-order valence-electron chi connectivity index (χ0n) is 19.6. The molecule has 0 fully saturated rings. The van der Waals surface area contributed by atoms with Crippen LogP contribution >= 0.6 is 23.2 Å². The second-order valence-electron chi connectivity index (χ2n) is 8.12. The minimum absolute atomic E-state index is 0.148. The molecular formula is C29H24Cl2N2O3. The third-order valence-corrected chi connectivity index (χ3v) is 6.10. The lowest BCUT2D eigenvalue weighted by atomic mass is 10.1. The lowest BCUT2D eigenvalue weighted by molar-refractivity contribution is -0.115. The number of nitrogens with zero attached hydrogens (tertiary/aromatic N) is 1. The summed E-state index contributed by atoms with van der Waals surface area (Å²) in [5.74, 6) is 0.281. The van der Waals surface area contributed by atoms with E-state index in [1.165, 1.54) is 0 Å². The van der Waals surface area contributed by atoms with E-state index in [0.29, 0.717) is 34.3 Å². The number of hydrogen-bond acceptors (Lipinski definition) is 3. The molecule has 0 saturated heterocycles. The first-order valence-electron chi connectivity index (χ1n) is 11.3. The number of ether oxygens (including phenoxy) is 1. The standard InChI is InChI=1S/C29H24Cl2N2O3/c1-36-25-13-11-23(12-14-25)32-28(34)17-21-8-5-9-24(16-21)33(19-20-6-3-2-4-7-20)29(35)26-15-10-22(30)18-27(26)31/h2-16,18H,17,19H2,1H3,(H,32,34). The Hall–Kier alpha value is -3.80. The van der Waals surface area contributed by atoms with Crippen LogP contribution < -0.4 is 15.0 Å². The van der Waals surface area contributed by atoms with Crippen LogP contribution in [0.15, 0.2) is 97.1 Å². The highest BCUT2D eigenvalue weighted by Crippen LogP contribution is 2.27. The Morgan fingerprint density at radius 3 is 2.25 bits per heavy atom. The van der Waals surface area contributed by atoms with Gasteiger partial charge in [-0.3, -0.25) is 9.59 Å². The fourth-order valence-electron chi connectivity index (χ4n) is 3.75. The summed E-state index contributed by atoms with van der Waals surface area (Å²) < 4.78 is 5.15. The van der Waals surface area contributed by atoms with Crippen LogP contribution in [-0.4, -0.2) is 18.9 Å². The first-order chi connectivity index (χ1) is 17.4. The monoisotopic (exact) mass is 518 g/mol. The van der Waals surface area contributed by atoms with Gasteiger partial charge in [-0.25, -0.2) is 0 Å². The molecule has 5 nitrogen and oxygen atoms in total. The zero-order chi connectivity index (χ0) is 25.5. The van der Waals surface area contributed by atoms with Crippen molar-refractivity contribution in [3.8, 4) is 5.75 Å². The van der Waals surface area contributed by atoms with E-state index in [-0.39, 0.29) is 23.3 Å². The Kier molecular flexibility index (Phi) is 8.26. The number of nitrogens with one attached hydrogen (secondary N) is 1. The second kappa shape index (κ2) is 11.8. The number of amides is 2. The van der Waals surface area contributed by atoms with E-state index in [9.17, 15) is 9.59 Å². The van der Waals surface area contributed by atoms with Gasteiger partial charge in [-0.15, -0.1) is 0 Å². The van der Waals surface area contributed by atoms with Crippen molar-refractivity contribution in [2.75, 3.05) is 17.3 Å². The number of benzene rings is 4. The summed E-state index contributed by atoms with van der Waals surface area (Å²) in [6.45, 7) is 0.333. The van der Waals surface area contributed by atoms with Gasteiger partial charge < -0.3 is 15.0 Å². The molecule has 0 aliphatic carbocycles. The molecule has 0 aromatic heterocycles. The van der Waals surface area contributed by atoms with Crippen molar-refractivity contribution in [3.63, 3.8) is 0 Å². The third kappa shape index (κ3) is 6.45. The van der Waals surface area contributed by atoms with Crippen LogP contribution in [0.3, 0.4) is 0 Å². The van der Waals surface area contributed by atoms with E-state index in [4.69, 9.17) is 27.9 Å². The number of methoxy groups -OCH3 is 1. The predicted octanol–water partition coefficient (Wildman–Crippen LogP) is 7.03. The van der Waals surface area contributed by atoms with Crippen LogP contribution in [0.4, 0.5) is 11.4 Å². The van der Waals surface area contributed by atoms with Crippen LogP contribution in [0.1, 0.15) is 21.5 Å². The van der Waals surface area contributed by atoms with Crippen molar-refractivity contribution in [3.05, 3.63) is 124 Å². The molecule has 2 amide bonds. The molecule has 0 radical (unpaired) electrons. The van der Waals surface area contributed by atoms with E-state index < -0.39 is 0 Å². The summed E-state index contributed by atoms with van der Waals surface area (Å²) >= 11 is 12.4. The SMILES string of the molecule is COc1ccc(NC(=O)Cc2cccc(N(Cc3ccccc3)C(=O)c3ccc(Cl)cc3Cl)c2)cc1. The average Bonchev–Trinajstić information content (AvgIpc) is 2.88. The minimum atomic E-state index is -0.264. The molecule has 4 aromatic carbocycles. The highest BCUT2D eigenvalue weighted by Gasteiger charge is 2.21. The lowest BCUT2D eigenvalue weighted by Crippen LogP contribution is -2.30. The fourth-order valence-corrected chi connectivity index (χ4v) is 4.24. The maximum absolute atomic E-state index is 13.6. The van der Waals surface area contributed by atoms with Gasteiger partial charge in [-0.2, -0.15) is 0 Å². The molecule has 0 aliphatic rings. The van der Waals surface area contributed by atoms with Crippen LogP contribution in [0, 0.1) is 0 Å². The molecule has 0 heterocycles. The van der Waals surface area contributed by atoms with Gasteiger partial charge in [0.15, 0.2) is 0 Å². The zero-order valence-corrected chi connectivity index (χ0v) is 21.1. The highest BCUT2D eigenvalue weighted by molar-refractivity contribution is 6.37. The topological polar surface area (TPSA) is 58.6 Å². The van der Waals surface area contributed by atoms with Crippen LogP contribution in [-0.2, 0) is 17.8 Å². The van der Waals surface area contributed by atoms with E-state index in [1.54, 1.807) is 54.5 Å². The van der Waals surface area contributed by atoms with Gasteiger partial charge in [0.25, 0.3) is 5.91 Å². The highest BCUT2D eigenvalue weighted by atomic mass is 35.5. The largest absolute Gasteiger partial charge is 0.497 e. The van der Waals surface area contributed by atoms with Crippen LogP contribution in [0.5, 0.6) is 5.75 Å². The number of rotatable bonds is 8. The maximum atomic E-state index is 13.6. The first-order valence-corrected chi connectivity index (χ1v) is 12.0. The van der Waals surface area contributed by atoms with Crippen molar-refractivity contribution >= 4 is 46.4 Å². The fraction of sp³-hybridized carbons (Fsp3) is 0.103. The molecule has 0 unspecified atom stereocenters. The van der Waals surface area contributed by atoms with E-state index in [2.05, 4.69) is 5.32 Å². The minimum Gasteiger partial charge on any atom is -0.497 e. The molecule has 4 aromatic rings. The molecule has 4 rings (SSSR count). The van der Waals surface area contributed by atoms with Crippen molar-refractivity contribution in [1.29, 1.82) is 0 Å². The van der Waals surface area contributed by atoms with Gasteiger partial charge >= 0.3 is 0 Å². The number of hydrogen-bond donors (Lipinski definition) is 1. The second-order valence-corrected chi connectivity index (χ2v) is 8.97. The summed E-state index contributed by atoms with van der Waals surface area (Å²) in [5, 5.41) is 3.62. The summed E-state index contributed by atoms with van der Waals surface area (Å²) in [6.07, 6.45) is 0.148. The van der Waals surface area contributed by atoms with Crippen LogP contribution in [0.2, 0.25) is 10.0 Å². The molecular weight excluding hydrogens is 495 g/mol. The summed E-state index contributed by atoms with van der Waals surface area (Å²) in [5.41, 5.74) is 3.41. The number of halogens is 2. The van der Waals surface area contributed by atoms with E-state index in [1.807, 2.05) is 54.6 Å². The van der Waals surface area contributed by atoms with Crippen molar-refractivity contribution < 1.29 is 14.3 Å². The van der Waals surface area contributed by atoms with E-state index >= 15 is 0 Å². The quantitative estimate of drug-likeness (QED) is 0.272. The van der Waals surface area contributed by atoms with E-state index in [0.717, 1.165) is 11.1 Å². The lowest BCUT2D eigenvalue weighted by Gasteiger charge is -2.24. The molecule has 7 heteroatoms. The molecule has 36 heavy (non-hydrogen) atoms. The third-order valence-electron chi connectivity index (χ3n) is 5.55. The summed E-state index contributed by atoms with van der Waals surface area (Å²) in [4.78, 5) is 28.0. The Morgan fingerprint density at radius 2 is 1.56 bits per heavy atom. The van der Waals surface area contributed by atoms with Crippen LogP contribution in [0.25, 0.3) is 0 Å². The molecule has 0 atom stereocenters. The normalized spacial score (nSPS) is 10.5.